The van der Waals surface area contributed by atoms with Crippen molar-refractivity contribution in [2.45, 2.75) is 39.2 Å². The second-order valence-corrected chi connectivity index (χ2v) is 7.00. The van der Waals surface area contributed by atoms with Crippen LogP contribution in [0.3, 0.4) is 0 Å². The highest BCUT2D eigenvalue weighted by Gasteiger charge is 2.20. The smallest absolute Gasteiger partial charge is 0.255 e. The maximum absolute atomic E-state index is 14.6. The van der Waals surface area contributed by atoms with Crippen LogP contribution >= 0.6 is 0 Å². The number of pyridine rings is 2. The molecule has 3 rings (SSSR count). The number of hydrogen-bond donors (Lipinski definition) is 2. The molecule has 0 aliphatic carbocycles. The highest BCUT2D eigenvalue weighted by atomic mass is 19.1. The number of rotatable bonds is 6. The van der Waals surface area contributed by atoms with E-state index >= 15 is 0 Å². The topological polar surface area (TPSA) is 74.8 Å². The number of hydrogen-bond acceptors (Lipinski definition) is 3. The second kappa shape index (κ2) is 11.2. The molecule has 0 fully saturated rings. The molecule has 1 amide bonds. The first-order valence-electron chi connectivity index (χ1n) is 9.89. The molecule has 0 radical (unpaired) electrons. The fraction of sp³-hybridized carbons (Fsp3) is 0.261. The lowest BCUT2D eigenvalue weighted by Gasteiger charge is -2.14. The molecule has 170 valence electrons. The van der Waals surface area contributed by atoms with Crippen LogP contribution in [-0.4, -0.2) is 15.9 Å². The predicted molar refractivity (Wildman–Crippen MR) is 114 cm³/mol. The Balaban J connectivity index is 0.000000654. The molecule has 0 aliphatic rings. The van der Waals surface area contributed by atoms with Gasteiger partial charge in [0.05, 0.1) is 35.4 Å². The monoisotopic (exact) mass is 449 g/mol. The van der Waals surface area contributed by atoms with Gasteiger partial charge in [-0.2, -0.15) is 0 Å². The number of carbonyl (C=O) groups excluding carboxylic acids is 1. The Labute approximate surface area is 182 Å². The number of benzene rings is 1. The van der Waals surface area contributed by atoms with E-state index < -0.39 is 52.8 Å². The Bertz CT molecular complexity index is 1180. The van der Waals surface area contributed by atoms with Gasteiger partial charge in [0.15, 0.2) is 0 Å². The largest absolute Gasteiger partial charge is 0.348 e. The lowest BCUT2D eigenvalue weighted by molar-refractivity contribution is -0.121. The third kappa shape index (κ3) is 6.26. The molecule has 0 bridgehead atoms. The van der Waals surface area contributed by atoms with Crippen LogP contribution in [0.15, 0.2) is 47.9 Å². The number of amides is 1. The molecule has 2 N–H and O–H groups in total. The van der Waals surface area contributed by atoms with E-state index in [1.807, 2.05) is 6.08 Å². The van der Waals surface area contributed by atoms with E-state index in [1.54, 1.807) is 0 Å². The average molecular weight is 449 g/mol. The van der Waals surface area contributed by atoms with Crippen LogP contribution in [0.4, 0.5) is 17.6 Å². The van der Waals surface area contributed by atoms with E-state index in [9.17, 15) is 27.2 Å². The van der Waals surface area contributed by atoms with Crippen LogP contribution in [0.1, 0.15) is 44.0 Å². The number of nitrogens with zero attached hydrogens (tertiary/aromatic N) is 1. The SMILES string of the molecule is C=CCCC.CC(NC(=O)Cc1c(F)c2cc(F)ccc2[nH]c1=O)c1ncc(F)cc1F. The lowest BCUT2D eigenvalue weighted by Crippen LogP contribution is -2.31. The van der Waals surface area contributed by atoms with Crippen molar-refractivity contribution < 1.29 is 22.4 Å². The van der Waals surface area contributed by atoms with Crippen LogP contribution in [0, 0.1) is 23.3 Å². The first-order chi connectivity index (χ1) is 15.2. The van der Waals surface area contributed by atoms with E-state index in [0.717, 1.165) is 24.8 Å². The molecule has 9 heteroatoms. The van der Waals surface area contributed by atoms with Gasteiger partial charge in [-0.05, 0) is 31.5 Å². The van der Waals surface area contributed by atoms with Gasteiger partial charge in [-0.15, -0.1) is 6.58 Å². The second-order valence-electron chi connectivity index (χ2n) is 7.00. The molecule has 0 spiro atoms. The van der Waals surface area contributed by atoms with Crippen LogP contribution < -0.4 is 10.9 Å². The quantitative estimate of drug-likeness (QED) is 0.416. The number of allylic oxidation sites excluding steroid dienone is 1. The molecular formula is C23H23F4N3O2. The summed E-state index contributed by atoms with van der Waals surface area (Å²) in [6, 6.07) is 2.86. The highest BCUT2D eigenvalue weighted by Crippen LogP contribution is 2.19. The summed E-state index contributed by atoms with van der Waals surface area (Å²) in [6.07, 6.45) is 4.45. The Morgan fingerprint density at radius 2 is 1.94 bits per heavy atom. The lowest BCUT2D eigenvalue weighted by atomic mass is 10.1. The zero-order chi connectivity index (χ0) is 23.8. The third-order valence-corrected chi connectivity index (χ3v) is 4.46. The average Bonchev–Trinajstić information content (AvgIpc) is 2.72. The maximum atomic E-state index is 14.6. The number of halogens is 4. The molecule has 0 saturated heterocycles. The van der Waals surface area contributed by atoms with Crippen LogP contribution in [0.5, 0.6) is 0 Å². The molecule has 2 heterocycles. The van der Waals surface area contributed by atoms with Crippen molar-refractivity contribution in [2.24, 2.45) is 0 Å². The van der Waals surface area contributed by atoms with Gasteiger partial charge >= 0.3 is 0 Å². The fourth-order valence-corrected chi connectivity index (χ4v) is 2.89. The number of carbonyl (C=O) groups is 1. The van der Waals surface area contributed by atoms with Crippen molar-refractivity contribution in [3.8, 4) is 0 Å². The molecule has 0 aliphatic heterocycles. The number of aromatic nitrogens is 2. The minimum Gasteiger partial charge on any atom is -0.348 e. The van der Waals surface area contributed by atoms with E-state index in [2.05, 4.69) is 28.8 Å². The molecule has 0 saturated carbocycles. The van der Waals surface area contributed by atoms with Gasteiger partial charge in [-0.1, -0.05) is 19.4 Å². The number of nitrogens with one attached hydrogen (secondary N) is 2. The molecular weight excluding hydrogens is 426 g/mol. The summed E-state index contributed by atoms with van der Waals surface area (Å²) < 4.78 is 54.5. The zero-order valence-electron chi connectivity index (χ0n) is 17.6. The maximum Gasteiger partial charge on any atom is 0.255 e. The zero-order valence-corrected chi connectivity index (χ0v) is 17.6. The standard InChI is InChI=1S/C18H13F4N3O2.C5H10/c1-8(17-13(21)5-10(20)7-23-17)24-15(26)6-12-16(22)11-4-9(19)2-3-14(11)25-18(12)27;1-3-5-4-2/h2-5,7-8H,6H2,1H3,(H,24,26)(H,25,27);3H,1,4-5H2,2H3. The van der Waals surface area contributed by atoms with Gasteiger partial charge in [0.25, 0.3) is 5.56 Å². The third-order valence-electron chi connectivity index (χ3n) is 4.46. The summed E-state index contributed by atoms with van der Waals surface area (Å²) in [7, 11) is 0. The molecule has 3 aromatic rings. The van der Waals surface area contributed by atoms with Crippen molar-refractivity contribution in [1.29, 1.82) is 0 Å². The van der Waals surface area contributed by atoms with E-state index in [4.69, 9.17) is 0 Å². The number of unbranched alkanes of at least 4 members (excludes halogenated alkanes) is 1. The van der Waals surface area contributed by atoms with Crippen molar-refractivity contribution in [3.63, 3.8) is 0 Å². The van der Waals surface area contributed by atoms with E-state index in [1.165, 1.54) is 19.4 Å². The molecule has 2 aromatic heterocycles. The number of H-pyrrole nitrogens is 1. The van der Waals surface area contributed by atoms with Crippen LogP contribution in [0.2, 0.25) is 0 Å². The molecule has 1 atom stereocenters. The summed E-state index contributed by atoms with van der Waals surface area (Å²) in [5, 5.41) is 2.19. The van der Waals surface area contributed by atoms with Crippen LogP contribution in [0.25, 0.3) is 10.9 Å². The van der Waals surface area contributed by atoms with Gasteiger partial charge in [-0.3, -0.25) is 14.6 Å². The first kappa shape index (κ1) is 24.8. The summed E-state index contributed by atoms with van der Waals surface area (Å²) in [5.74, 6) is -4.31. The van der Waals surface area contributed by atoms with E-state index in [0.29, 0.717) is 6.07 Å². The van der Waals surface area contributed by atoms with Gasteiger partial charge in [0.1, 0.15) is 23.3 Å². The highest BCUT2D eigenvalue weighted by molar-refractivity contribution is 5.83. The van der Waals surface area contributed by atoms with Gasteiger partial charge in [0, 0.05) is 11.5 Å². The van der Waals surface area contributed by atoms with Crippen LogP contribution in [-0.2, 0) is 11.2 Å². The number of aromatic amines is 1. The molecule has 1 aromatic carbocycles. The Morgan fingerprint density at radius 1 is 1.22 bits per heavy atom. The Morgan fingerprint density at radius 3 is 2.53 bits per heavy atom. The van der Waals surface area contributed by atoms with Crippen molar-refractivity contribution in [3.05, 3.63) is 88.0 Å². The van der Waals surface area contributed by atoms with Gasteiger partial charge in [0.2, 0.25) is 5.91 Å². The van der Waals surface area contributed by atoms with Crippen molar-refractivity contribution >= 4 is 16.8 Å². The summed E-state index contributed by atoms with van der Waals surface area (Å²) in [6.45, 7) is 7.09. The Kier molecular flexibility index (Phi) is 8.69. The molecule has 1 unspecified atom stereocenters. The minimum atomic E-state index is -1.01. The first-order valence-corrected chi connectivity index (χ1v) is 9.89. The van der Waals surface area contributed by atoms with E-state index in [-0.39, 0.29) is 16.6 Å². The number of fused-ring (bicyclic) bond motifs is 1. The minimum absolute atomic E-state index is 0.0917. The van der Waals surface area contributed by atoms with Crippen molar-refractivity contribution in [1.82, 2.24) is 15.3 Å². The summed E-state index contributed by atoms with van der Waals surface area (Å²) in [5.41, 5.74) is -1.43. The summed E-state index contributed by atoms with van der Waals surface area (Å²) >= 11 is 0. The van der Waals surface area contributed by atoms with Crippen molar-refractivity contribution in [2.75, 3.05) is 0 Å². The molecule has 32 heavy (non-hydrogen) atoms. The Hall–Kier alpha value is -3.49. The van der Waals surface area contributed by atoms with Gasteiger partial charge in [-0.25, -0.2) is 17.6 Å². The summed E-state index contributed by atoms with van der Waals surface area (Å²) in [4.78, 5) is 30.1. The normalized spacial score (nSPS) is 11.4. The fourth-order valence-electron chi connectivity index (χ4n) is 2.89. The molecule has 5 nitrogen and oxygen atoms in total. The predicted octanol–water partition coefficient (Wildman–Crippen LogP) is 4.87. The van der Waals surface area contributed by atoms with Gasteiger partial charge < -0.3 is 10.3 Å².